The molecule has 6 rings (SSSR count). The number of aliphatic hydroxyl groups excluding tert-OH is 1. The molecule has 0 amide bonds. The molecule has 1 aliphatic rings. The van der Waals surface area contributed by atoms with E-state index in [1.807, 2.05) is 61.7 Å². The van der Waals surface area contributed by atoms with Crippen molar-refractivity contribution in [2.45, 2.75) is 64.1 Å². The summed E-state index contributed by atoms with van der Waals surface area (Å²) in [6.07, 6.45) is 9.67. The maximum Gasteiger partial charge on any atom is 0.229 e. The fraction of sp³-hybridized carbons (Fsp3) is 0.361. The zero-order valence-corrected chi connectivity index (χ0v) is 26.9. The number of carbonyl (C=O) groups excluding carboxylic acids is 1. The first-order valence-corrected chi connectivity index (χ1v) is 16.0. The number of aromatic nitrogens is 5. The number of nitrogens with one attached hydrogen (secondary N) is 2. The van der Waals surface area contributed by atoms with Crippen LogP contribution in [0.4, 0.5) is 11.9 Å². The molecule has 0 radical (unpaired) electrons. The highest BCUT2D eigenvalue weighted by Crippen LogP contribution is 2.31. The van der Waals surface area contributed by atoms with E-state index in [0.29, 0.717) is 31.3 Å². The summed E-state index contributed by atoms with van der Waals surface area (Å²) in [4.78, 5) is 29.0. The summed E-state index contributed by atoms with van der Waals surface area (Å²) >= 11 is 0. The van der Waals surface area contributed by atoms with Crippen LogP contribution in [0.15, 0.2) is 73.1 Å². The lowest BCUT2D eigenvalue weighted by Crippen LogP contribution is -2.20. The average Bonchev–Trinajstić information content (AvgIpc) is 3.65. The SMILES string of the molecule is CC(C)c1cnn2c(NCc3ccccc3-c3nccc4cc(CC(=O)/C=C/CN(C)C)ccc34)nc(NC3CC[C@H](O)C3)nc12. The van der Waals surface area contributed by atoms with Gasteiger partial charge in [-0.15, -0.1) is 0 Å². The molecule has 5 aromatic rings. The van der Waals surface area contributed by atoms with E-state index in [1.165, 1.54) is 0 Å². The first-order chi connectivity index (χ1) is 22.2. The largest absolute Gasteiger partial charge is 0.393 e. The van der Waals surface area contributed by atoms with Crippen molar-refractivity contribution < 1.29 is 9.90 Å². The Morgan fingerprint density at radius 2 is 1.98 bits per heavy atom. The molecule has 10 heteroatoms. The molecular weight excluding hydrogens is 576 g/mol. The number of rotatable bonds is 12. The van der Waals surface area contributed by atoms with Crippen LogP contribution in [0.25, 0.3) is 27.7 Å². The van der Waals surface area contributed by atoms with Crippen molar-refractivity contribution >= 4 is 34.1 Å². The van der Waals surface area contributed by atoms with Crippen molar-refractivity contribution in [3.05, 3.63) is 89.8 Å². The first kappa shape index (κ1) is 31.3. The molecule has 46 heavy (non-hydrogen) atoms. The Morgan fingerprint density at radius 3 is 2.76 bits per heavy atom. The number of hydrogen-bond donors (Lipinski definition) is 3. The van der Waals surface area contributed by atoms with Crippen LogP contribution in [0.2, 0.25) is 0 Å². The van der Waals surface area contributed by atoms with Crippen molar-refractivity contribution in [3.63, 3.8) is 0 Å². The van der Waals surface area contributed by atoms with Gasteiger partial charge in [0.05, 0.1) is 18.0 Å². The molecule has 1 aliphatic carbocycles. The first-order valence-electron chi connectivity index (χ1n) is 16.0. The summed E-state index contributed by atoms with van der Waals surface area (Å²) in [5, 5.41) is 23.7. The average molecular weight is 619 g/mol. The van der Waals surface area contributed by atoms with Gasteiger partial charge in [0, 0.05) is 48.3 Å². The van der Waals surface area contributed by atoms with Crippen molar-refractivity contribution in [2.75, 3.05) is 31.3 Å². The lowest BCUT2D eigenvalue weighted by molar-refractivity contribution is -0.114. The number of aliphatic hydroxyl groups is 1. The fourth-order valence-electron chi connectivity index (χ4n) is 6.04. The van der Waals surface area contributed by atoms with Crippen molar-refractivity contribution in [3.8, 4) is 11.3 Å². The Balaban J connectivity index is 1.27. The Morgan fingerprint density at radius 1 is 1.13 bits per heavy atom. The van der Waals surface area contributed by atoms with Gasteiger partial charge in [-0.2, -0.15) is 19.6 Å². The minimum Gasteiger partial charge on any atom is -0.393 e. The number of likely N-dealkylation sites (N-methyl/N-ethyl adjacent to an activating group) is 1. The predicted molar refractivity (Wildman–Crippen MR) is 183 cm³/mol. The number of nitrogens with zero attached hydrogens (tertiary/aromatic N) is 6. The topological polar surface area (TPSA) is 121 Å². The third kappa shape index (κ3) is 7.08. The Bertz CT molecular complexity index is 1880. The van der Waals surface area contributed by atoms with Crippen molar-refractivity contribution in [1.82, 2.24) is 29.5 Å². The molecule has 0 spiro atoms. The predicted octanol–water partition coefficient (Wildman–Crippen LogP) is 5.63. The van der Waals surface area contributed by atoms with E-state index in [-0.39, 0.29) is 23.8 Å². The molecule has 0 saturated heterocycles. The van der Waals surface area contributed by atoms with Gasteiger partial charge < -0.3 is 20.6 Å². The van der Waals surface area contributed by atoms with E-state index >= 15 is 0 Å². The molecule has 3 N–H and O–H groups in total. The summed E-state index contributed by atoms with van der Waals surface area (Å²) in [7, 11) is 3.96. The molecule has 3 aromatic heterocycles. The van der Waals surface area contributed by atoms with E-state index < -0.39 is 0 Å². The van der Waals surface area contributed by atoms with Crippen LogP contribution in [0.5, 0.6) is 0 Å². The van der Waals surface area contributed by atoms with Crippen LogP contribution < -0.4 is 10.6 Å². The second-order valence-corrected chi connectivity index (χ2v) is 12.7. The highest BCUT2D eigenvalue weighted by Gasteiger charge is 2.24. The molecule has 1 saturated carbocycles. The number of ketones is 1. The summed E-state index contributed by atoms with van der Waals surface area (Å²) in [6.45, 7) is 5.48. The Labute approximate surface area is 269 Å². The number of anilines is 2. The van der Waals surface area contributed by atoms with E-state index in [9.17, 15) is 9.90 Å². The normalized spacial score (nSPS) is 16.8. The van der Waals surface area contributed by atoms with Crippen molar-refractivity contribution in [1.29, 1.82) is 0 Å². The quantitative estimate of drug-likeness (QED) is 0.153. The van der Waals surface area contributed by atoms with Gasteiger partial charge in [0.25, 0.3) is 0 Å². The van der Waals surface area contributed by atoms with Gasteiger partial charge in [0.1, 0.15) is 0 Å². The maximum absolute atomic E-state index is 12.5. The van der Waals surface area contributed by atoms with E-state index in [0.717, 1.165) is 63.8 Å². The molecule has 3 heterocycles. The van der Waals surface area contributed by atoms with Crippen molar-refractivity contribution in [2.24, 2.45) is 0 Å². The fourth-order valence-corrected chi connectivity index (χ4v) is 6.04. The number of hydrogen-bond acceptors (Lipinski definition) is 9. The minimum absolute atomic E-state index is 0.0858. The Kier molecular flexibility index (Phi) is 9.37. The molecule has 238 valence electrons. The van der Waals surface area contributed by atoms with Crippen LogP contribution in [-0.4, -0.2) is 73.1 Å². The lowest BCUT2D eigenvalue weighted by Gasteiger charge is -2.16. The monoisotopic (exact) mass is 618 g/mol. The standard InChI is InChI=1S/C36H42N8O2/c1-23(2)32-22-39-44-34(32)41-35(40-27-12-13-29(46)20-27)42-36(44)38-21-26-8-5-6-10-30(26)33-31-14-11-24(18-25(31)15-16-37-33)19-28(45)9-7-17-43(3)4/h5-11,14-16,18,22-23,27,29,46H,12-13,17,19-21H2,1-4H3,(H2,38,40,41,42)/b9-7+/t27?,29-/m0/s1. The van der Waals surface area contributed by atoms with Gasteiger partial charge >= 0.3 is 0 Å². The molecule has 2 atom stereocenters. The number of benzene rings is 2. The molecule has 0 bridgehead atoms. The molecule has 10 nitrogen and oxygen atoms in total. The summed E-state index contributed by atoms with van der Waals surface area (Å²) in [6, 6.07) is 16.5. The van der Waals surface area contributed by atoms with Gasteiger partial charge in [-0.3, -0.25) is 9.78 Å². The third-order valence-electron chi connectivity index (χ3n) is 8.45. The highest BCUT2D eigenvalue weighted by molar-refractivity contribution is 5.97. The lowest BCUT2D eigenvalue weighted by atomic mass is 9.97. The van der Waals surface area contributed by atoms with Crippen LogP contribution in [0.1, 0.15) is 55.7 Å². The molecule has 2 aromatic carbocycles. The van der Waals surface area contributed by atoms with Gasteiger partial charge in [-0.1, -0.05) is 62.4 Å². The van der Waals surface area contributed by atoms with Crippen LogP contribution in [0.3, 0.4) is 0 Å². The summed E-state index contributed by atoms with van der Waals surface area (Å²) < 4.78 is 1.77. The van der Waals surface area contributed by atoms with Gasteiger partial charge in [0.15, 0.2) is 11.4 Å². The van der Waals surface area contributed by atoms with Gasteiger partial charge in [0.2, 0.25) is 11.9 Å². The number of fused-ring (bicyclic) bond motifs is 2. The number of allylic oxidation sites excluding steroid dienone is 1. The van der Waals surface area contributed by atoms with E-state index in [4.69, 9.17) is 15.0 Å². The Hall–Kier alpha value is -4.67. The molecular formula is C36H42N8O2. The second-order valence-electron chi connectivity index (χ2n) is 12.7. The maximum atomic E-state index is 12.5. The summed E-state index contributed by atoms with van der Waals surface area (Å²) in [5.74, 6) is 1.45. The molecule has 0 aliphatic heterocycles. The second kappa shape index (κ2) is 13.8. The number of carbonyl (C=O) groups is 1. The van der Waals surface area contributed by atoms with Gasteiger partial charge in [-0.25, -0.2) is 0 Å². The van der Waals surface area contributed by atoms with Gasteiger partial charge in [-0.05, 0) is 67.9 Å². The number of pyridine rings is 1. The zero-order valence-electron chi connectivity index (χ0n) is 26.9. The van der Waals surface area contributed by atoms with Crippen LogP contribution in [-0.2, 0) is 17.8 Å². The van der Waals surface area contributed by atoms with Crippen LogP contribution in [0, 0.1) is 0 Å². The van der Waals surface area contributed by atoms with E-state index in [2.05, 4.69) is 53.8 Å². The van der Waals surface area contributed by atoms with E-state index in [1.54, 1.807) is 10.6 Å². The summed E-state index contributed by atoms with van der Waals surface area (Å²) in [5.41, 5.74) is 5.75. The van der Waals surface area contributed by atoms with Crippen LogP contribution >= 0.6 is 0 Å². The highest BCUT2D eigenvalue weighted by atomic mass is 16.3. The molecule has 1 fully saturated rings. The zero-order chi connectivity index (χ0) is 32.2. The smallest absolute Gasteiger partial charge is 0.229 e. The molecule has 1 unspecified atom stereocenters. The minimum atomic E-state index is -0.288. The third-order valence-corrected chi connectivity index (χ3v) is 8.45.